The second-order valence-electron chi connectivity index (χ2n) is 6.33. The summed E-state index contributed by atoms with van der Waals surface area (Å²) in [7, 11) is -3.58. The lowest BCUT2D eigenvalue weighted by atomic mass is 10.1. The lowest BCUT2D eigenvalue weighted by molar-refractivity contribution is 0.0696. The Hall–Kier alpha value is -2.71. The van der Waals surface area contributed by atoms with E-state index in [1.807, 2.05) is 0 Å². The van der Waals surface area contributed by atoms with E-state index in [1.165, 1.54) is 40.7 Å². The number of hydrogen-bond acceptors (Lipinski definition) is 4. The number of nitrogens with one attached hydrogen (secondary N) is 1. The molecule has 1 saturated heterocycles. The summed E-state index contributed by atoms with van der Waals surface area (Å²) in [6.45, 7) is 1.02. The standard InChI is InChI=1S/C19H20N2O5S/c22-18(14-7-9-15(10-8-14)19(23)24)20-16-5-4-6-17(13-16)27(25,26)21-11-2-1-3-12-21/h4-10,13H,1-3,11-12H2,(H,20,22)(H,23,24). The Balaban J connectivity index is 1.77. The normalized spacial score (nSPS) is 15.3. The summed E-state index contributed by atoms with van der Waals surface area (Å²) in [5.74, 6) is -1.52. The monoisotopic (exact) mass is 388 g/mol. The maximum Gasteiger partial charge on any atom is 0.335 e. The minimum absolute atomic E-state index is 0.0844. The van der Waals surface area contributed by atoms with Gasteiger partial charge in [-0.15, -0.1) is 0 Å². The van der Waals surface area contributed by atoms with Crippen molar-refractivity contribution in [1.82, 2.24) is 4.31 Å². The fourth-order valence-electron chi connectivity index (χ4n) is 2.96. The molecule has 1 heterocycles. The Morgan fingerprint density at radius 1 is 0.926 bits per heavy atom. The maximum absolute atomic E-state index is 12.8. The van der Waals surface area contributed by atoms with Crippen molar-refractivity contribution in [2.24, 2.45) is 0 Å². The topological polar surface area (TPSA) is 104 Å². The van der Waals surface area contributed by atoms with Crippen LogP contribution in [0, 0.1) is 0 Å². The number of carbonyl (C=O) groups excluding carboxylic acids is 1. The molecule has 2 N–H and O–H groups in total. The summed E-state index contributed by atoms with van der Waals surface area (Å²) in [6.07, 6.45) is 2.73. The second kappa shape index (κ2) is 7.89. The van der Waals surface area contributed by atoms with Gasteiger partial charge < -0.3 is 10.4 Å². The van der Waals surface area contributed by atoms with Crippen molar-refractivity contribution in [1.29, 1.82) is 0 Å². The molecule has 0 saturated carbocycles. The van der Waals surface area contributed by atoms with Crippen molar-refractivity contribution in [2.75, 3.05) is 18.4 Å². The number of nitrogens with zero attached hydrogens (tertiary/aromatic N) is 1. The molecule has 142 valence electrons. The predicted molar refractivity (Wildman–Crippen MR) is 100 cm³/mol. The van der Waals surface area contributed by atoms with Gasteiger partial charge in [0.25, 0.3) is 5.91 Å². The number of carboxylic acid groups (broad SMARTS) is 1. The first-order valence-electron chi connectivity index (χ1n) is 8.63. The molecule has 1 fully saturated rings. The van der Waals surface area contributed by atoms with Crippen molar-refractivity contribution in [2.45, 2.75) is 24.2 Å². The number of amides is 1. The molecule has 0 atom stereocenters. The first kappa shape index (κ1) is 19.1. The van der Waals surface area contributed by atoms with E-state index < -0.39 is 21.9 Å². The summed E-state index contributed by atoms with van der Waals surface area (Å²) >= 11 is 0. The quantitative estimate of drug-likeness (QED) is 0.820. The maximum atomic E-state index is 12.8. The van der Waals surface area contributed by atoms with E-state index in [0.29, 0.717) is 18.8 Å². The Morgan fingerprint density at radius 3 is 2.19 bits per heavy atom. The Morgan fingerprint density at radius 2 is 1.56 bits per heavy atom. The van der Waals surface area contributed by atoms with Gasteiger partial charge in [0.1, 0.15) is 0 Å². The molecule has 27 heavy (non-hydrogen) atoms. The lowest BCUT2D eigenvalue weighted by Gasteiger charge is -2.26. The highest BCUT2D eigenvalue weighted by molar-refractivity contribution is 7.89. The molecule has 0 aliphatic carbocycles. The van der Waals surface area contributed by atoms with Crippen molar-refractivity contribution in [3.05, 3.63) is 59.7 Å². The van der Waals surface area contributed by atoms with Crippen LogP contribution in [0.15, 0.2) is 53.4 Å². The molecule has 1 aliphatic heterocycles. The third kappa shape index (κ3) is 4.35. The molecule has 8 heteroatoms. The largest absolute Gasteiger partial charge is 0.478 e. The number of carboxylic acids is 1. The number of carbonyl (C=O) groups is 2. The van der Waals surface area contributed by atoms with Crippen LogP contribution >= 0.6 is 0 Å². The van der Waals surface area contributed by atoms with E-state index in [2.05, 4.69) is 5.32 Å². The number of benzene rings is 2. The van der Waals surface area contributed by atoms with Gasteiger partial charge in [-0.25, -0.2) is 13.2 Å². The number of sulfonamides is 1. The molecule has 0 unspecified atom stereocenters. The highest BCUT2D eigenvalue weighted by atomic mass is 32.2. The van der Waals surface area contributed by atoms with Crippen molar-refractivity contribution >= 4 is 27.6 Å². The minimum Gasteiger partial charge on any atom is -0.478 e. The summed E-state index contributed by atoms with van der Waals surface area (Å²) in [5.41, 5.74) is 0.728. The molecule has 0 aromatic heterocycles. The molecule has 0 spiro atoms. The summed E-state index contributed by atoms with van der Waals surface area (Å²) in [4.78, 5) is 23.4. The van der Waals surface area contributed by atoms with Crippen molar-refractivity contribution < 1.29 is 23.1 Å². The van der Waals surface area contributed by atoms with Crippen LogP contribution in [0.1, 0.15) is 40.0 Å². The van der Waals surface area contributed by atoms with E-state index in [0.717, 1.165) is 19.3 Å². The average molecular weight is 388 g/mol. The zero-order valence-electron chi connectivity index (χ0n) is 14.6. The third-order valence-corrected chi connectivity index (χ3v) is 6.33. The van der Waals surface area contributed by atoms with Gasteiger partial charge in [0.15, 0.2) is 0 Å². The van der Waals surface area contributed by atoms with Gasteiger partial charge in [-0.05, 0) is 55.3 Å². The van der Waals surface area contributed by atoms with Crippen LogP contribution in [0.3, 0.4) is 0 Å². The van der Waals surface area contributed by atoms with Crippen LogP contribution in [0.2, 0.25) is 0 Å². The Labute approximate surface area is 157 Å². The van der Waals surface area contributed by atoms with E-state index >= 15 is 0 Å². The minimum atomic E-state index is -3.58. The molecule has 2 aromatic carbocycles. The van der Waals surface area contributed by atoms with E-state index in [4.69, 9.17) is 5.11 Å². The SMILES string of the molecule is O=C(O)c1ccc(C(=O)Nc2cccc(S(=O)(=O)N3CCCCC3)c2)cc1. The lowest BCUT2D eigenvalue weighted by Crippen LogP contribution is -2.35. The van der Waals surface area contributed by atoms with E-state index in [-0.39, 0.29) is 16.0 Å². The molecule has 7 nitrogen and oxygen atoms in total. The molecule has 2 aromatic rings. The molecule has 1 amide bonds. The van der Waals surface area contributed by atoms with Crippen LogP contribution in [-0.4, -0.2) is 42.8 Å². The van der Waals surface area contributed by atoms with Crippen LogP contribution in [-0.2, 0) is 10.0 Å². The second-order valence-corrected chi connectivity index (χ2v) is 8.27. The van der Waals surface area contributed by atoms with E-state index in [1.54, 1.807) is 12.1 Å². The van der Waals surface area contributed by atoms with Gasteiger partial charge in [0.05, 0.1) is 10.5 Å². The van der Waals surface area contributed by atoms with Gasteiger partial charge >= 0.3 is 5.97 Å². The van der Waals surface area contributed by atoms with Crippen LogP contribution in [0.25, 0.3) is 0 Å². The van der Waals surface area contributed by atoms with Crippen LogP contribution < -0.4 is 5.32 Å². The third-order valence-electron chi connectivity index (χ3n) is 4.44. The number of anilines is 1. The molecular weight excluding hydrogens is 368 g/mol. The highest BCUT2D eigenvalue weighted by Gasteiger charge is 2.26. The zero-order chi connectivity index (χ0) is 19.4. The summed E-state index contributed by atoms with van der Waals surface area (Å²) < 4.78 is 27.0. The molecular formula is C19H20N2O5S. The zero-order valence-corrected chi connectivity index (χ0v) is 15.4. The highest BCUT2D eigenvalue weighted by Crippen LogP contribution is 2.23. The van der Waals surface area contributed by atoms with Gasteiger partial charge in [-0.2, -0.15) is 4.31 Å². The van der Waals surface area contributed by atoms with Crippen LogP contribution in [0.4, 0.5) is 5.69 Å². The van der Waals surface area contributed by atoms with Gasteiger partial charge in [0, 0.05) is 24.3 Å². The fraction of sp³-hybridized carbons (Fsp3) is 0.263. The smallest absolute Gasteiger partial charge is 0.335 e. The predicted octanol–water partition coefficient (Wildman–Crippen LogP) is 2.81. The van der Waals surface area contributed by atoms with E-state index in [9.17, 15) is 18.0 Å². The summed E-state index contributed by atoms with van der Waals surface area (Å²) in [6, 6.07) is 11.6. The van der Waals surface area contributed by atoms with Gasteiger partial charge in [-0.3, -0.25) is 4.79 Å². The Kier molecular flexibility index (Phi) is 5.57. The van der Waals surface area contributed by atoms with Crippen molar-refractivity contribution in [3.63, 3.8) is 0 Å². The fourth-order valence-corrected chi connectivity index (χ4v) is 4.52. The number of aromatic carboxylic acids is 1. The number of rotatable bonds is 5. The van der Waals surface area contributed by atoms with Gasteiger partial charge in [0.2, 0.25) is 10.0 Å². The van der Waals surface area contributed by atoms with Crippen LogP contribution in [0.5, 0.6) is 0 Å². The number of hydrogen-bond donors (Lipinski definition) is 2. The molecule has 0 bridgehead atoms. The molecule has 1 aliphatic rings. The first-order chi connectivity index (χ1) is 12.9. The molecule has 0 radical (unpaired) electrons. The first-order valence-corrected chi connectivity index (χ1v) is 10.1. The Bertz CT molecular complexity index is 948. The molecule has 3 rings (SSSR count). The van der Waals surface area contributed by atoms with Gasteiger partial charge in [-0.1, -0.05) is 12.5 Å². The van der Waals surface area contributed by atoms with Crippen molar-refractivity contribution in [3.8, 4) is 0 Å². The number of piperidine rings is 1. The average Bonchev–Trinajstić information content (AvgIpc) is 2.69. The summed E-state index contributed by atoms with van der Waals surface area (Å²) in [5, 5.41) is 11.6.